The number of rotatable bonds is 3. The van der Waals surface area contributed by atoms with E-state index < -0.39 is 16.8 Å². The summed E-state index contributed by atoms with van der Waals surface area (Å²) >= 11 is 0. The maximum absolute atomic E-state index is 12.6. The standard InChI is InChI=1S/C16H17N3O5/c1-9-8-18(6-5-11(9)16(21)22)15(20)12-7-10-3-2-4-13(19(23)24)14(10)17-12/h2-4,7,9,11,17H,5-6,8H2,1H3,(H,21,22). The number of fused-ring (bicyclic) bond motifs is 1. The number of aliphatic carboxylic acids is 1. The number of aromatic nitrogens is 1. The maximum atomic E-state index is 12.6. The van der Waals surface area contributed by atoms with Crippen LogP contribution < -0.4 is 0 Å². The van der Waals surface area contributed by atoms with Crippen LogP contribution in [0.1, 0.15) is 23.8 Å². The molecule has 0 bridgehead atoms. The molecule has 1 amide bonds. The maximum Gasteiger partial charge on any atom is 0.306 e. The third kappa shape index (κ3) is 2.70. The lowest BCUT2D eigenvalue weighted by atomic mass is 9.87. The van der Waals surface area contributed by atoms with E-state index in [4.69, 9.17) is 5.11 Å². The predicted octanol–water partition coefficient (Wildman–Crippen LogP) is 2.26. The molecular formula is C16H17N3O5. The number of amides is 1. The van der Waals surface area contributed by atoms with E-state index in [1.807, 2.05) is 6.92 Å². The SMILES string of the molecule is CC1CN(C(=O)c2cc3cccc([N+](=O)[O-])c3[nH]2)CCC1C(=O)O. The van der Waals surface area contributed by atoms with Gasteiger partial charge in [0, 0.05) is 24.5 Å². The third-order valence-electron chi connectivity index (χ3n) is 4.57. The zero-order valence-electron chi connectivity index (χ0n) is 13.1. The normalized spacial score (nSPS) is 21.0. The Kier molecular flexibility index (Phi) is 3.96. The second-order valence-electron chi connectivity index (χ2n) is 6.14. The molecule has 2 unspecified atom stereocenters. The number of hydrogen-bond acceptors (Lipinski definition) is 4. The molecule has 2 aromatic rings. The number of non-ortho nitro benzene ring substituents is 1. The van der Waals surface area contributed by atoms with Crippen LogP contribution >= 0.6 is 0 Å². The number of carboxylic acids is 1. The number of piperidine rings is 1. The van der Waals surface area contributed by atoms with E-state index >= 15 is 0 Å². The van der Waals surface area contributed by atoms with Gasteiger partial charge in [0.2, 0.25) is 0 Å². The first-order chi connectivity index (χ1) is 11.4. The Morgan fingerprint density at radius 1 is 1.42 bits per heavy atom. The lowest BCUT2D eigenvalue weighted by Gasteiger charge is -2.34. The Morgan fingerprint density at radius 2 is 2.17 bits per heavy atom. The van der Waals surface area contributed by atoms with Gasteiger partial charge in [-0.05, 0) is 18.4 Å². The molecule has 1 aliphatic rings. The number of carbonyl (C=O) groups excluding carboxylic acids is 1. The van der Waals surface area contributed by atoms with Crippen LogP contribution in [0, 0.1) is 22.0 Å². The van der Waals surface area contributed by atoms with Crippen molar-refractivity contribution in [3.8, 4) is 0 Å². The summed E-state index contributed by atoms with van der Waals surface area (Å²) in [5.74, 6) is -1.69. The second-order valence-corrected chi connectivity index (χ2v) is 6.14. The van der Waals surface area contributed by atoms with Crippen LogP contribution in [0.2, 0.25) is 0 Å². The molecule has 0 saturated carbocycles. The summed E-state index contributed by atoms with van der Waals surface area (Å²) in [4.78, 5) is 38.8. The van der Waals surface area contributed by atoms with Crippen LogP contribution in [0.5, 0.6) is 0 Å². The molecule has 1 fully saturated rings. The van der Waals surface area contributed by atoms with Gasteiger partial charge in [0.1, 0.15) is 11.2 Å². The van der Waals surface area contributed by atoms with Gasteiger partial charge >= 0.3 is 5.97 Å². The Balaban J connectivity index is 1.86. The quantitative estimate of drug-likeness (QED) is 0.661. The molecule has 2 atom stereocenters. The summed E-state index contributed by atoms with van der Waals surface area (Å²) < 4.78 is 0. The molecule has 8 nitrogen and oxygen atoms in total. The first kappa shape index (κ1) is 16.0. The van der Waals surface area contributed by atoms with Gasteiger partial charge in [0.05, 0.1) is 10.8 Å². The zero-order valence-corrected chi connectivity index (χ0v) is 13.1. The van der Waals surface area contributed by atoms with Crippen molar-refractivity contribution in [2.45, 2.75) is 13.3 Å². The highest BCUT2D eigenvalue weighted by atomic mass is 16.6. The third-order valence-corrected chi connectivity index (χ3v) is 4.57. The molecule has 2 heterocycles. The number of aromatic amines is 1. The van der Waals surface area contributed by atoms with Gasteiger partial charge in [0.15, 0.2) is 0 Å². The molecule has 1 aromatic carbocycles. The minimum absolute atomic E-state index is 0.0792. The highest BCUT2D eigenvalue weighted by Crippen LogP contribution is 2.28. The molecule has 0 radical (unpaired) electrons. The number of hydrogen-bond donors (Lipinski definition) is 2. The number of para-hydroxylation sites is 1. The van der Waals surface area contributed by atoms with Crippen molar-refractivity contribution in [3.05, 3.63) is 40.1 Å². The van der Waals surface area contributed by atoms with E-state index in [1.165, 1.54) is 6.07 Å². The van der Waals surface area contributed by atoms with E-state index in [2.05, 4.69) is 4.98 Å². The first-order valence-electron chi connectivity index (χ1n) is 7.66. The summed E-state index contributed by atoms with van der Waals surface area (Å²) in [6.45, 7) is 2.53. The van der Waals surface area contributed by atoms with Gasteiger partial charge in [-0.1, -0.05) is 19.1 Å². The molecule has 8 heteroatoms. The van der Waals surface area contributed by atoms with Crippen molar-refractivity contribution in [2.75, 3.05) is 13.1 Å². The summed E-state index contributed by atoms with van der Waals surface area (Å²) in [5.41, 5.74) is 0.518. The average Bonchev–Trinajstić information content (AvgIpc) is 2.97. The molecule has 1 saturated heterocycles. The van der Waals surface area contributed by atoms with Crippen molar-refractivity contribution >= 4 is 28.5 Å². The van der Waals surface area contributed by atoms with E-state index in [0.29, 0.717) is 30.4 Å². The van der Waals surface area contributed by atoms with Gasteiger partial charge in [-0.3, -0.25) is 19.7 Å². The number of carboxylic acid groups (broad SMARTS) is 1. The van der Waals surface area contributed by atoms with E-state index in [1.54, 1.807) is 23.1 Å². The predicted molar refractivity (Wildman–Crippen MR) is 85.8 cm³/mol. The molecule has 126 valence electrons. The number of nitrogens with zero attached hydrogens (tertiary/aromatic N) is 2. The molecule has 3 rings (SSSR count). The van der Waals surface area contributed by atoms with Gasteiger partial charge in [-0.25, -0.2) is 0 Å². The number of nitro benzene ring substituents is 1. The van der Waals surface area contributed by atoms with Crippen molar-refractivity contribution in [1.29, 1.82) is 0 Å². The van der Waals surface area contributed by atoms with Crippen LogP contribution in [0.25, 0.3) is 10.9 Å². The molecule has 0 spiro atoms. The highest BCUT2D eigenvalue weighted by molar-refractivity contribution is 6.00. The van der Waals surface area contributed by atoms with Gasteiger partial charge in [0.25, 0.3) is 11.6 Å². The molecule has 2 N–H and O–H groups in total. The largest absolute Gasteiger partial charge is 0.481 e. The minimum Gasteiger partial charge on any atom is -0.481 e. The second kappa shape index (κ2) is 5.95. The number of nitro groups is 1. The molecule has 1 aromatic heterocycles. The zero-order chi connectivity index (χ0) is 17.4. The van der Waals surface area contributed by atoms with Crippen LogP contribution in [0.15, 0.2) is 24.3 Å². The smallest absolute Gasteiger partial charge is 0.306 e. The number of likely N-dealkylation sites (tertiary alicyclic amines) is 1. The van der Waals surface area contributed by atoms with Gasteiger partial charge in [-0.2, -0.15) is 0 Å². The summed E-state index contributed by atoms with van der Waals surface area (Å²) in [7, 11) is 0. The molecule has 1 aliphatic heterocycles. The fraction of sp³-hybridized carbons (Fsp3) is 0.375. The Bertz CT molecular complexity index is 828. The summed E-state index contributed by atoms with van der Waals surface area (Å²) in [6, 6.07) is 6.25. The molecular weight excluding hydrogens is 314 g/mol. The molecule has 24 heavy (non-hydrogen) atoms. The fourth-order valence-corrected chi connectivity index (χ4v) is 3.27. The van der Waals surface area contributed by atoms with Crippen LogP contribution in [-0.4, -0.2) is 44.9 Å². The van der Waals surface area contributed by atoms with E-state index in [0.717, 1.165) is 0 Å². The van der Waals surface area contributed by atoms with Crippen LogP contribution in [0.4, 0.5) is 5.69 Å². The number of H-pyrrole nitrogens is 1. The summed E-state index contributed by atoms with van der Waals surface area (Å²) in [5, 5.41) is 20.8. The van der Waals surface area contributed by atoms with E-state index in [9.17, 15) is 19.7 Å². The van der Waals surface area contributed by atoms with Crippen molar-refractivity contribution < 1.29 is 19.6 Å². The Morgan fingerprint density at radius 3 is 2.79 bits per heavy atom. The monoisotopic (exact) mass is 331 g/mol. The van der Waals surface area contributed by atoms with Crippen molar-refractivity contribution in [3.63, 3.8) is 0 Å². The van der Waals surface area contributed by atoms with Gasteiger partial charge < -0.3 is 15.0 Å². The lowest BCUT2D eigenvalue weighted by molar-refractivity contribution is -0.383. The number of carbonyl (C=O) groups is 2. The topological polar surface area (TPSA) is 117 Å². The Labute approximate surface area is 137 Å². The first-order valence-corrected chi connectivity index (χ1v) is 7.66. The summed E-state index contributed by atoms with van der Waals surface area (Å²) in [6.07, 6.45) is 0.405. The minimum atomic E-state index is -0.837. The van der Waals surface area contributed by atoms with Gasteiger partial charge in [-0.15, -0.1) is 0 Å². The van der Waals surface area contributed by atoms with Crippen LogP contribution in [0.3, 0.4) is 0 Å². The van der Waals surface area contributed by atoms with Crippen molar-refractivity contribution in [1.82, 2.24) is 9.88 Å². The highest BCUT2D eigenvalue weighted by Gasteiger charge is 2.33. The van der Waals surface area contributed by atoms with Crippen LogP contribution in [-0.2, 0) is 4.79 Å². The lowest BCUT2D eigenvalue weighted by Crippen LogP contribution is -2.45. The average molecular weight is 331 g/mol. The van der Waals surface area contributed by atoms with Crippen molar-refractivity contribution in [2.24, 2.45) is 11.8 Å². The fourth-order valence-electron chi connectivity index (χ4n) is 3.27. The Hall–Kier alpha value is -2.90. The van der Waals surface area contributed by atoms with E-state index in [-0.39, 0.29) is 23.2 Å². The number of benzene rings is 1. The number of nitrogens with one attached hydrogen (secondary N) is 1. The molecule has 0 aliphatic carbocycles.